The maximum absolute atomic E-state index is 11.5. The molecule has 0 aliphatic carbocycles. The lowest BCUT2D eigenvalue weighted by Gasteiger charge is -2.13. The third-order valence-electron chi connectivity index (χ3n) is 3.14. The first-order chi connectivity index (χ1) is 9.58. The fourth-order valence-corrected chi connectivity index (χ4v) is 1.90. The lowest BCUT2D eigenvalue weighted by atomic mass is 10.1. The molecule has 0 fully saturated rings. The minimum atomic E-state index is -0.409. The summed E-state index contributed by atoms with van der Waals surface area (Å²) in [5.41, 5.74) is 0. The van der Waals surface area contributed by atoms with Crippen LogP contribution in [0.15, 0.2) is 12.2 Å². The van der Waals surface area contributed by atoms with Gasteiger partial charge in [0.25, 0.3) is 11.8 Å². The van der Waals surface area contributed by atoms with Crippen molar-refractivity contribution in [3.05, 3.63) is 12.2 Å². The zero-order valence-corrected chi connectivity index (χ0v) is 11.6. The molecular weight excluding hydrogens is 260 g/mol. The Balaban J connectivity index is 2.10. The maximum Gasteiger partial charge on any atom is 0.253 e. The second-order valence-electron chi connectivity index (χ2n) is 4.69. The molecule has 1 atom stereocenters. The average Bonchev–Trinajstić information content (AvgIpc) is 2.75. The predicted octanol–water partition coefficient (Wildman–Crippen LogP) is 0.565. The van der Waals surface area contributed by atoms with E-state index in [0.29, 0.717) is 32.2 Å². The number of amides is 3. The number of hydrogen-bond acceptors (Lipinski definition) is 4. The summed E-state index contributed by atoms with van der Waals surface area (Å²) in [6.07, 6.45) is 6.30. The fraction of sp³-hybridized carbons (Fsp3) is 0.571. The van der Waals surface area contributed by atoms with Crippen molar-refractivity contribution in [3.63, 3.8) is 0 Å². The Hall–Kier alpha value is -1.98. The van der Waals surface area contributed by atoms with Crippen LogP contribution in [0.2, 0.25) is 0 Å². The highest BCUT2D eigenvalue weighted by atomic mass is 16.2. The lowest BCUT2D eigenvalue weighted by molar-refractivity contribution is -0.137. The van der Waals surface area contributed by atoms with Gasteiger partial charge in [0.2, 0.25) is 5.91 Å². The Labute approximate surface area is 118 Å². The summed E-state index contributed by atoms with van der Waals surface area (Å²) in [5.74, 6) is -0.687. The highest BCUT2D eigenvalue weighted by Crippen LogP contribution is 2.07. The zero-order valence-electron chi connectivity index (χ0n) is 11.6. The molecule has 3 amide bonds. The number of hydrogen-bond donors (Lipinski definition) is 1. The second-order valence-corrected chi connectivity index (χ2v) is 4.69. The van der Waals surface area contributed by atoms with Crippen molar-refractivity contribution >= 4 is 24.0 Å². The molecule has 0 aromatic heterocycles. The highest BCUT2D eigenvalue weighted by Gasteiger charge is 2.22. The molecular formula is C14H20N2O4. The molecule has 20 heavy (non-hydrogen) atoms. The normalized spacial score (nSPS) is 15.6. The van der Waals surface area contributed by atoms with Gasteiger partial charge in [-0.3, -0.25) is 19.3 Å². The van der Waals surface area contributed by atoms with Crippen LogP contribution in [0.4, 0.5) is 0 Å². The van der Waals surface area contributed by atoms with E-state index in [1.807, 2.05) is 6.92 Å². The molecule has 0 saturated heterocycles. The van der Waals surface area contributed by atoms with Gasteiger partial charge in [0, 0.05) is 25.1 Å². The number of unbranched alkanes of at least 4 members (excludes halogenated alkanes) is 2. The Bertz CT molecular complexity index is 399. The SMILES string of the molecule is CC[C@@H](C=O)NC(=O)CCCCCN1C(=O)C=CC1=O. The van der Waals surface area contributed by atoms with Crippen molar-refractivity contribution in [1.29, 1.82) is 0 Å². The van der Waals surface area contributed by atoms with Crippen LogP contribution in [0.25, 0.3) is 0 Å². The molecule has 1 aliphatic rings. The second kappa shape index (κ2) is 8.24. The van der Waals surface area contributed by atoms with Crippen LogP contribution < -0.4 is 5.32 Å². The first kappa shape index (κ1) is 16.1. The van der Waals surface area contributed by atoms with Gasteiger partial charge < -0.3 is 10.1 Å². The van der Waals surface area contributed by atoms with Crippen molar-refractivity contribution in [2.24, 2.45) is 0 Å². The fourth-order valence-electron chi connectivity index (χ4n) is 1.90. The van der Waals surface area contributed by atoms with Crippen molar-refractivity contribution in [2.75, 3.05) is 6.54 Å². The third-order valence-corrected chi connectivity index (χ3v) is 3.14. The van der Waals surface area contributed by atoms with Gasteiger partial charge in [-0.2, -0.15) is 0 Å². The van der Waals surface area contributed by atoms with E-state index in [2.05, 4.69) is 5.32 Å². The summed E-state index contributed by atoms with van der Waals surface area (Å²) < 4.78 is 0. The quantitative estimate of drug-likeness (QED) is 0.380. The summed E-state index contributed by atoms with van der Waals surface area (Å²) in [4.78, 5) is 45.8. The van der Waals surface area contributed by atoms with Crippen molar-refractivity contribution < 1.29 is 19.2 Å². The van der Waals surface area contributed by atoms with Crippen LogP contribution in [-0.4, -0.2) is 41.5 Å². The van der Waals surface area contributed by atoms with Crippen molar-refractivity contribution in [1.82, 2.24) is 10.2 Å². The zero-order chi connectivity index (χ0) is 15.0. The van der Waals surface area contributed by atoms with Gasteiger partial charge in [-0.05, 0) is 19.3 Å². The molecule has 0 saturated carbocycles. The van der Waals surface area contributed by atoms with Crippen molar-refractivity contribution in [2.45, 2.75) is 45.1 Å². The minimum absolute atomic E-state index is 0.140. The van der Waals surface area contributed by atoms with E-state index in [-0.39, 0.29) is 17.7 Å². The van der Waals surface area contributed by atoms with Gasteiger partial charge >= 0.3 is 0 Å². The molecule has 110 valence electrons. The molecule has 1 rings (SSSR count). The summed E-state index contributed by atoms with van der Waals surface area (Å²) in [7, 11) is 0. The summed E-state index contributed by atoms with van der Waals surface area (Å²) >= 11 is 0. The molecule has 0 bridgehead atoms. The maximum atomic E-state index is 11.5. The summed E-state index contributed by atoms with van der Waals surface area (Å²) in [5, 5.41) is 2.63. The third kappa shape index (κ3) is 4.95. The first-order valence-corrected chi connectivity index (χ1v) is 6.86. The number of nitrogens with one attached hydrogen (secondary N) is 1. The topological polar surface area (TPSA) is 83.6 Å². The molecule has 1 heterocycles. The van der Waals surface area contributed by atoms with Crippen LogP contribution >= 0.6 is 0 Å². The van der Waals surface area contributed by atoms with Gasteiger partial charge in [0.1, 0.15) is 6.29 Å². The van der Waals surface area contributed by atoms with Crippen LogP contribution in [-0.2, 0) is 19.2 Å². The van der Waals surface area contributed by atoms with Gasteiger partial charge in [-0.15, -0.1) is 0 Å². The van der Waals surface area contributed by atoms with E-state index in [1.165, 1.54) is 17.1 Å². The number of rotatable bonds is 9. The lowest BCUT2D eigenvalue weighted by Crippen LogP contribution is -2.35. The Morgan fingerprint density at radius 2 is 1.90 bits per heavy atom. The molecule has 6 nitrogen and oxygen atoms in total. The van der Waals surface area contributed by atoms with Crippen LogP contribution in [0.1, 0.15) is 39.0 Å². The number of carbonyl (C=O) groups excluding carboxylic acids is 4. The monoisotopic (exact) mass is 280 g/mol. The largest absolute Gasteiger partial charge is 0.347 e. The molecule has 1 aliphatic heterocycles. The number of carbonyl (C=O) groups is 4. The molecule has 1 N–H and O–H groups in total. The standard InChI is InChI=1S/C14H20N2O4/c1-2-11(10-17)15-12(18)6-4-3-5-9-16-13(19)7-8-14(16)20/h7-8,10-11H,2-6,9H2,1H3,(H,15,18)/t11-/m0/s1. The summed E-state index contributed by atoms with van der Waals surface area (Å²) in [6, 6.07) is -0.409. The van der Waals surface area contributed by atoms with Gasteiger partial charge in [-0.25, -0.2) is 0 Å². The molecule has 0 unspecified atom stereocenters. The van der Waals surface area contributed by atoms with E-state index in [1.54, 1.807) is 0 Å². The minimum Gasteiger partial charge on any atom is -0.347 e. The molecule has 0 aromatic carbocycles. The Morgan fingerprint density at radius 3 is 2.45 bits per heavy atom. The van der Waals surface area contributed by atoms with E-state index < -0.39 is 6.04 Å². The molecule has 0 radical (unpaired) electrons. The highest BCUT2D eigenvalue weighted by molar-refractivity contribution is 6.12. The Kier molecular flexibility index (Phi) is 6.63. The molecule has 6 heteroatoms. The van der Waals surface area contributed by atoms with E-state index >= 15 is 0 Å². The number of aldehydes is 1. The van der Waals surface area contributed by atoms with Gasteiger partial charge in [0.05, 0.1) is 6.04 Å². The average molecular weight is 280 g/mol. The smallest absolute Gasteiger partial charge is 0.253 e. The number of nitrogens with zero attached hydrogens (tertiary/aromatic N) is 1. The molecule has 0 aromatic rings. The summed E-state index contributed by atoms with van der Waals surface area (Å²) in [6.45, 7) is 2.22. The van der Waals surface area contributed by atoms with Crippen LogP contribution in [0.3, 0.4) is 0 Å². The van der Waals surface area contributed by atoms with Crippen LogP contribution in [0, 0.1) is 0 Å². The van der Waals surface area contributed by atoms with E-state index in [9.17, 15) is 19.2 Å². The van der Waals surface area contributed by atoms with Crippen LogP contribution in [0.5, 0.6) is 0 Å². The first-order valence-electron chi connectivity index (χ1n) is 6.86. The van der Waals surface area contributed by atoms with Gasteiger partial charge in [-0.1, -0.05) is 13.3 Å². The molecule has 0 spiro atoms. The van der Waals surface area contributed by atoms with E-state index in [4.69, 9.17) is 0 Å². The van der Waals surface area contributed by atoms with Gasteiger partial charge in [0.15, 0.2) is 0 Å². The predicted molar refractivity (Wildman–Crippen MR) is 72.6 cm³/mol. The van der Waals surface area contributed by atoms with E-state index in [0.717, 1.165) is 12.7 Å². The van der Waals surface area contributed by atoms with Crippen molar-refractivity contribution in [3.8, 4) is 0 Å². The number of imide groups is 1. The Morgan fingerprint density at radius 1 is 1.25 bits per heavy atom.